The van der Waals surface area contributed by atoms with Crippen molar-refractivity contribution in [1.82, 2.24) is 10.2 Å². The van der Waals surface area contributed by atoms with Gasteiger partial charge in [0.1, 0.15) is 0 Å². The second-order valence-electron chi connectivity index (χ2n) is 6.69. The zero-order valence-corrected chi connectivity index (χ0v) is 13.1. The largest absolute Gasteiger partial charge is 0.314 e. The monoisotopic (exact) mass is 254 g/mol. The third-order valence-electron chi connectivity index (χ3n) is 4.30. The van der Waals surface area contributed by atoms with E-state index in [1.807, 2.05) is 0 Å². The van der Waals surface area contributed by atoms with Crippen LogP contribution in [0.15, 0.2) is 0 Å². The summed E-state index contributed by atoms with van der Waals surface area (Å²) in [6, 6.07) is 0.616. The Morgan fingerprint density at radius 2 is 1.83 bits per heavy atom. The minimum atomic E-state index is 0.547. The summed E-state index contributed by atoms with van der Waals surface area (Å²) in [6.45, 7) is 10.6. The standard InChI is InChI=1S/C16H34N2/c1-5-6-12-18(4)14-16(13-17-15(2)3)10-8-7-9-11-16/h15,17H,5-14H2,1-4H3. The highest BCUT2D eigenvalue weighted by Gasteiger charge is 2.32. The van der Waals surface area contributed by atoms with Gasteiger partial charge < -0.3 is 10.2 Å². The van der Waals surface area contributed by atoms with E-state index in [1.165, 1.54) is 64.6 Å². The molecule has 1 fully saturated rings. The quantitative estimate of drug-likeness (QED) is 0.711. The lowest BCUT2D eigenvalue weighted by Gasteiger charge is -2.41. The average Bonchev–Trinajstić information content (AvgIpc) is 2.35. The van der Waals surface area contributed by atoms with E-state index in [0.29, 0.717) is 11.5 Å². The molecule has 0 spiro atoms. The summed E-state index contributed by atoms with van der Waals surface area (Å²) in [5, 5.41) is 3.69. The van der Waals surface area contributed by atoms with Crippen molar-refractivity contribution in [2.24, 2.45) is 5.41 Å². The van der Waals surface area contributed by atoms with Crippen LogP contribution in [0.1, 0.15) is 65.7 Å². The van der Waals surface area contributed by atoms with Gasteiger partial charge in [0, 0.05) is 19.1 Å². The Morgan fingerprint density at radius 3 is 2.39 bits per heavy atom. The van der Waals surface area contributed by atoms with Crippen LogP contribution in [0.4, 0.5) is 0 Å². The number of hydrogen-bond donors (Lipinski definition) is 1. The Balaban J connectivity index is 2.48. The first-order valence-electron chi connectivity index (χ1n) is 8.00. The van der Waals surface area contributed by atoms with E-state index in [0.717, 1.165) is 0 Å². The molecule has 0 aliphatic heterocycles. The molecule has 18 heavy (non-hydrogen) atoms. The summed E-state index contributed by atoms with van der Waals surface area (Å²) >= 11 is 0. The van der Waals surface area contributed by atoms with Crippen LogP contribution in [-0.4, -0.2) is 37.6 Å². The van der Waals surface area contributed by atoms with Crippen molar-refractivity contribution in [1.29, 1.82) is 0 Å². The molecule has 0 unspecified atom stereocenters. The van der Waals surface area contributed by atoms with Crippen molar-refractivity contribution >= 4 is 0 Å². The molecule has 0 amide bonds. The van der Waals surface area contributed by atoms with Gasteiger partial charge in [0.15, 0.2) is 0 Å². The fourth-order valence-electron chi connectivity index (χ4n) is 3.19. The van der Waals surface area contributed by atoms with Gasteiger partial charge in [0.25, 0.3) is 0 Å². The van der Waals surface area contributed by atoms with Gasteiger partial charge in [0.05, 0.1) is 0 Å². The summed E-state index contributed by atoms with van der Waals surface area (Å²) in [4.78, 5) is 2.57. The van der Waals surface area contributed by atoms with Crippen LogP contribution >= 0.6 is 0 Å². The van der Waals surface area contributed by atoms with Gasteiger partial charge in [0.2, 0.25) is 0 Å². The molecule has 0 bridgehead atoms. The van der Waals surface area contributed by atoms with Crippen molar-refractivity contribution in [3.8, 4) is 0 Å². The van der Waals surface area contributed by atoms with Crippen LogP contribution in [0.3, 0.4) is 0 Å². The third kappa shape index (κ3) is 5.71. The molecule has 1 aliphatic carbocycles. The summed E-state index contributed by atoms with van der Waals surface area (Å²) in [5.41, 5.74) is 0.547. The molecule has 0 aromatic heterocycles. The summed E-state index contributed by atoms with van der Waals surface area (Å²) < 4.78 is 0. The second-order valence-corrected chi connectivity index (χ2v) is 6.69. The SMILES string of the molecule is CCCCN(C)CC1(CNC(C)C)CCCCC1. The normalized spacial score (nSPS) is 19.7. The first-order chi connectivity index (χ1) is 8.58. The molecule has 1 aliphatic rings. The van der Waals surface area contributed by atoms with E-state index in [4.69, 9.17) is 0 Å². The van der Waals surface area contributed by atoms with Gasteiger partial charge in [-0.2, -0.15) is 0 Å². The molecular formula is C16H34N2. The lowest BCUT2D eigenvalue weighted by molar-refractivity contribution is 0.114. The van der Waals surface area contributed by atoms with E-state index in [9.17, 15) is 0 Å². The van der Waals surface area contributed by atoms with Crippen molar-refractivity contribution in [3.05, 3.63) is 0 Å². The predicted molar refractivity (Wildman–Crippen MR) is 81.1 cm³/mol. The van der Waals surface area contributed by atoms with Gasteiger partial charge in [-0.05, 0) is 38.3 Å². The Labute approximate surface area is 115 Å². The lowest BCUT2D eigenvalue weighted by Crippen LogP contribution is -2.46. The second kappa shape index (κ2) is 8.16. The fourth-order valence-corrected chi connectivity index (χ4v) is 3.19. The van der Waals surface area contributed by atoms with Crippen LogP contribution < -0.4 is 5.32 Å². The molecule has 2 nitrogen and oxygen atoms in total. The average molecular weight is 254 g/mol. The van der Waals surface area contributed by atoms with Crippen LogP contribution in [0.25, 0.3) is 0 Å². The molecule has 1 N–H and O–H groups in total. The summed E-state index contributed by atoms with van der Waals surface area (Å²) in [7, 11) is 2.31. The highest BCUT2D eigenvalue weighted by molar-refractivity contribution is 4.87. The molecule has 0 aromatic rings. The summed E-state index contributed by atoms with van der Waals surface area (Å²) in [5.74, 6) is 0. The lowest BCUT2D eigenvalue weighted by atomic mass is 9.73. The van der Waals surface area contributed by atoms with Crippen molar-refractivity contribution in [2.45, 2.75) is 71.8 Å². The van der Waals surface area contributed by atoms with E-state index in [-0.39, 0.29) is 0 Å². The van der Waals surface area contributed by atoms with Gasteiger partial charge in [-0.15, -0.1) is 0 Å². The zero-order valence-electron chi connectivity index (χ0n) is 13.1. The first-order valence-corrected chi connectivity index (χ1v) is 8.00. The molecule has 0 saturated heterocycles. The molecule has 108 valence electrons. The highest BCUT2D eigenvalue weighted by atomic mass is 15.1. The molecule has 0 radical (unpaired) electrons. The Kier molecular flexibility index (Phi) is 7.25. The molecular weight excluding hydrogens is 220 g/mol. The molecule has 2 heteroatoms. The van der Waals surface area contributed by atoms with Gasteiger partial charge >= 0.3 is 0 Å². The van der Waals surface area contributed by atoms with E-state index < -0.39 is 0 Å². The number of hydrogen-bond acceptors (Lipinski definition) is 2. The maximum absolute atomic E-state index is 3.69. The summed E-state index contributed by atoms with van der Waals surface area (Å²) in [6.07, 6.45) is 9.79. The molecule has 1 saturated carbocycles. The molecule has 1 rings (SSSR count). The number of rotatable bonds is 8. The number of nitrogens with one attached hydrogen (secondary N) is 1. The maximum atomic E-state index is 3.69. The molecule has 0 aromatic carbocycles. The third-order valence-corrected chi connectivity index (χ3v) is 4.30. The van der Waals surface area contributed by atoms with Gasteiger partial charge in [-0.25, -0.2) is 0 Å². The number of nitrogens with zero attached hydrogens (tertiary/aromatic N) is 1. The van der Waals surface area contributed by atoms with Crippen molar-refractivity contribution < 1.29 is 0 Å². The van der Waals surface area contributed by atoms with Crippen molar-refractivity contribution in [3.63, 3.8) is 0 Å². The van der Waals surface area contributed by atoms with E-state index in [1.54, 1.807) is 0 Å². The van der Waals surface area contributed by atoms with Crippen LogP contribution in [0.2, 0.25) is 0 Å². The van der Waals surface area contributed by atoms with Crippen LogP contribution in [-0.2, 0) is 0 Å². The van der Waals surface area contributed by atoms with Gasteiger partial charge in [-0.3, -0.25) is 0 Å². The van der Waals surface area contributed by atoms with E-state index in [2.05, 4.69) is 38.0 Å². The van der Waals surface area contributed by atoms with Crippen LogP contribution in [0, 0.1) is 5.41 Å². The fraction of sp³-hybridized carbons (Fsp3) is 1.00. The smallest absolute Gasteiger partial charge is 0.00471 e. The van der Waals surface area contributed by atoms with Gasteiger partial charge in [-0.1, -0.05) is 46.5 Å². The van der Waals surface area contributed by atoms with Crippen molar-refractivity contribution in [2.75, 3.05) is 26.7 Å². The number of unbranched alkanes of at least 4 members (excludes halogenated alkanes) is 1. The Bertz CT molecular complexity index is 207. The Morgan fingerprint density at radius 1 is 1.17 bits per heavy atom. The maximum Gasteiger partial charge on any atom is 0.00471 e. The predicted octanol–water partition coefficient (Wildman–Crippen LogP) is 3.67. The topological polar surface area (TPSA) is 15.3 Å². The minimum Gasteiger partial charge on any atom is -0.314 e. The molecule has 0 heterocycles. The zero-order chi connectivity index (χ0) is 13.4. The molecule has 0 atom stereocenters. The Hall–Kier alpha value is -0.0800. The van der Waals surface area contributed by atoms with Crippen LogP contribution in [0.5, 0.6) is 0 Å². The van der Waals surface area contributed by atoms with E-state index >= 15 is 0 Å². The minimum absolute atomic E-state index is 0.547. The first kappa shape index (κ1) is 16.0. The highest BCUT2D eigenvalue weighted by Crippen LogP contribution is 2.36.